The highest BCUT2D eigenvalue weighted by Crippen LogP contribution is 2.06. The Morgan fingerprint density at radius 2 is 1.82 bits per heavy atom. The first-order valence-electron chi connectivity index (χ1n) is 6.13. The minimum absolute atomic E-state index is 0.0941. The molecule has 17 heavy (non-hydrogen) atoms. The average Bonchev–Trinajstić information content (AvgIpc) is 2.29. The number of carbonyl (C=O) groups excluding carboxylic acids is 1. The second kappa shape index (κ2) is 10.1. The summed E-state index contributed by atoms with van der Waals surface area (Å²) in [5.41, 5.74) is 0. The zero-order valence-electron chi connectivity index (χ0n) is 10.6. The van der Waals surface area contributed by atoms with Crippen LogP contribution in [0, 0.1) is 0 Å². The molecule has 0 spiro atoms. The molecular weight excluding hydrogens is 224 g/mol. The lowest BCUT2D eigenvalue weighted by atomic mass is 10.2. The molecule has 5 heteroatoms. The van der Waals surface area contributed by atoms with Gasteiger partial charge in [0, 0.05) is 19.3 Å². The minimum Gasteiger partial charge on any atom is -0.481 e. The van der Waals surface area contributed by atoms with Crippen LogP contribution in [-0.2, 0) is 19.1 Å². The SMILES string of the molecule is CCCOC(CC)OC(=O)CCCCC(=O)O. The zero-order valence-corrected chi connectivity index (χ0v) is 10.6. The van der Waals surface area contributed by atoms with Crippen molar-refractivity contribution >= 4 is 11.9 Å². The van der Waals surface area contributed by atoms with Gasteiger partial charge in [-0.15, -0.1) is 0 Å². The standard InChI is InChI=1S/C12H22O5/c1-3-9-16-12(4-2)17-11(15)8-6-5-7-10(13)14/h12H,3-9H2,1-2H3,(H,13,14). The van der Waals surface area contributed by atoms with E-state index in [2.05, 4.69) is 0 Å². The van der Waals surface area contributed by atoms with E-state index in [-0.39, 0.29) is 18.8 Å². The Kier molecular flexibility index (Phi) is 9.43. The van der Waals surface area contributed by atoms with Gasteiger partial charge in [-0.3, -0.25) is 9.59 Å². The van der Waals surface area contributed by atoms with Crippen molar-refractivity contribution in [3.8, 4) is 0 Å². The van der Waals surface area contributed by atoms with Gasteiger partial charge in [0.25, 0.3) is 0 Å². The molecule has 1 N–H and O–H groups in total. The molecule has 0 aliphatic carbocycles. The Bertz CT molecular complexity index is 227. The molecule has 5 nitrogen and oxygen atoms in total. The molecule has 0 aromatic rings. The quantitative estimate of drug-likeness (QED) is 0.364. The molecule has 0 aromatic heterocycles. The van der Waals surface area contributed by atoms with E-state index in [9.17, 15) is 9.59 Å². The number of hydrogen-bond donors (Lipinski definition) is 1. The molecule has 0 amide bonds. The molecule has 0 heterocycles. The summed E-state index contributed by atoms with van der Waals surface area (Å²) in [6.45, 7) is 4.45. The maximum atomic E-state index is 11.4. The fraction of sp³-hybridized carbons (Fsp3) is 0.833. The molecule has 0 aromatic carbocycles. The van der Waals surface area contributed by atoms with Gasteiger partial charge >= 0.3 is 11.9 Å². The van der Waals surface area contributed by atoms with Crippen LogP contribution in [0.15, 0.2) is 0 Å². The lowest BCUT2D eigenvalue weighted by Crippen LogP contribution is -2.21. The van der Waals surface area contributed by atoms with Crippen molar-refractivity contribution in [2.24, 2.45) is 0 Å². The van der Waals surface area contributed by atoms with E-state index in [1.54, 1.807) is 0 Å². The monoisotopic (exact) mass is 246 g/mol. The Hall–Kier alpha value is -1.10. The van der Waals surface area contributed by atoms with Crippen molar-refractivity contribution in [3.63, 3.8) is 0 Å². The number of aliphatic carboxylic acids is 1. The first-order chi connectivity index (χ1) is 8.10. The van der Waals surface area contributed by atoms with E-state index in [1.165, 1.54) is 0 Å². The van der Waals surface area contributed by atoms with Crippen molar-refractivity contribution in [3.05, 3.63) is 0 Å². The Morgan fingerprint density at radius 1 is 1.18 bits per heavy atom. The summed E-state index contributed by atoms with van der Waals surface area (Å²) in [4.78, 5) is 21.6. The molecule has 0 saturated carbocycles. The molecule has 100 valence electrons. The number of unbranched alkanes of at least 4 members (excludes halogenated alkanes) is 1. The van der Waals surface area contributed by atoms with Crippen molar-refractivity contribution < 1.29 is 24.2 Å². The normalized spacial score (nSPS) is 12.1. The summed E-state index contributed by atoms with van der Waals surface area (Å²) in [6.07, 6.45) is 2.41. The highest BCUT2D eigenvalue weighted by atomic mass is 16.7. The van der Waals surface area contributed by atoms with E-state index < -0.39 is 12.3 Å². The second-order valence-corrected chi connectivity index (χ2v) is 3.80. The molecule has 1 unspecified atom stereocenters. The third-order valence-electron chi connectivity index (χ3n) is 2.13. The van der Waals surface area contributed by atoms with Gasteiger partial charge in [0.2, 0.25) is 6.29 Å². The van der Waals surface area contributed by atoms with Crippen LogP contribution in [0.1, 0.15) is 52.4 Å². The summed E-state index contributed by atoms with van der Waals surface area (Å²) >= 11 is 0. The van der Waals surface area contributed by atoms with Gasteiger partial charge in [-0.25, -0.2) is 0 Å². The lowest BCUT2D eigenvalue weighted by Gasteiger charge is -2.16. The maximum Gasteiger partial charge on any atom is 0.308 e. The lowest BCUT2D eigenvalue weighted by molar-refractivity contribution is -0.179. The average molecular weight is 246 g/mol. The smallest absolute Gasteiger partial charge is 0.308 e. The van der Waals surface area contributed by atoms with Crippen LogP contribution in [0.5, 0.6) is 0 Å². The maximum absolute atomic E-state index is 11.4. The number of carboxylic acid groups (broad SMARTS) is 1. The van der Waals surface area contributed by atoms with Crippen LogP contribution in [0.4, 0.5) is 0 Å². The number of rotatable bonds is 10. The summed E-state index contributed by atoms with van der Waals surface area (Å²) in [6, 6.07) is 0. The van der Waals surface area contributed by atoms with E-state index in [4.69, 9.17) is 14.6 Å². The number of esters is 1. The largest absolute Gasteiger partial charge is 0.481 e. The molecule has 0 rings (SSSR count). The first-order valence-corrected chi connectivity index (χ1v) is 6.13. The van der Waals surface area contributed by atoms with Gasteiger partial charge in [-0.05, 0) is 19.3 Å². The predicted molar refractivity (Wildman–Crippen MR) is 62.5 cm³/mol. The highest BCUT2D eigenvalue weighted by Gasteiger charge is 2.12. The van der Waals surface area contributed by atoms with Crippen LogP contribution >= 0.6 is 0 Å². The molecule has 0 saturated heterocycles. The molecule has 1 atom stereocenters. The molecule has 0 radical (unpaired) electrons. The van der Waals surface area contributed by atoms with Crippen LogP contribution in [0.3, 0.4) is 0 Å². The summed E-state index contributed by atoms with van der Waals surface area (Å²) in [5.74, 6) is -1.16. The van der Waals surface area contributed by atoms with E-state index in [0.717, 1.165) is 6.42 Å². The van der Waals surface area contributed by atoms with Gasteiger partial charge in [0.15, 0.2) is 0 Å². The van der Waals surface area contributed by atoms with Crippen LogP contribution < -0.4 is 0 Å². The Balaban J connectivity index is 3.64. The number of hydrogen-bond acceptors (Lipinski definition) is 4. The van der Waals surface area contributed by atoms with E-state index in [1.807, 2.05) is 13.8 Å². The number of ether oxygens (including phenoxy) is 2. The second-order valence-electron chi connectivity index (χ2n) is 3.80. The molecule has 0 bridgehead atoms. The molecule has 0 aliphatic heterocycles. The summed E-state index contributed by atoms with van der Waals surface area (Å²) < 4.78 is 10.4. The summed E-state index contributed by atoms with van der Waals surface area (Å²) in [7, 11) is 0. The zero-order chi connectivity index (χ0) is 13.1. The van der Waals surface area contributed by atoms with Crippen LogP contribution in [-0.4, -0.2) is 29.9 Å². The number of carbonyl (C=O) groups is 2. The molecule has 0 fully saturated rings. The fourth-order valence-electron chi connectivity index (χ4n) is 1.24. The van der Waals surface area contributed by atoms with Crippen molar-refractivity contribution in [1.29, 1.82) is 0 Å². The van der Waals surface area contributed by atoms with Gasteiger partial charge in [-0.2, -0.15) is 0 Å². The van der Waals surface area contributed by atoms with Crippen molar-refractivity contribution in [2.45, 2.75) is 58.7 Å². The Morgan fingerprint density at radius 3 is 2.35 bits per heavy atom. The van der Waals surface area contributed by atoms with Crippen LogP contribution in [0.25, 0.3) is 0 Å². The molecule has 0 aliphatic rings. The third kappa shape index (κ3) is 9.81. The van der Waals surface area contributed by atoms with E-state index in [0.29, 0.717) is 25.9 Å². The summed E-state index contributed by atoms with van der Waals surface area (Å²) in [5, 5.41) is 8.42. The van der Waals surface area contributed by atoms with Gasteiger partial charge < -0.3 is 14.6 Å². The fourth-order valence-corrected chi connectivity index (χ4v) is 1.24. The van der Waals surface area contributed by atoms with E-state index >= 15 is 0 Å². The molecular formula is C12H22O5. The van der Waals surface area contributed by atoms with Gasteiger partial charge in [-0.1, -0.05) is 13.8 Å². The third-order valence-corrected chi connectivity index (χ3v) is 2.13. The van der Waals surface area contributed by atoms with Crippen LogP contribution in [0.2, 0.25) is 0 Å². The number of carboxylic acids is 1. The first kappa shape index (κ1) is 15.9. The highest BCUT2D eigenvalue weighted by molar-refractivity contribution is 5.69. The van der Waals surface area contributed by atoms with Gasteiger partial charge in [0.1, 0.15) is 0 Å². The van der Waals surface area contributed by atoms with Gasteiger partial charge in [0.05, 0.1) is 6.61 Å². The minimum atomic E-state index is -0.837. The predicted octanol–water partition coefficient (Wildman–Crippen LogP) is 2.34. The van der Waals surface area contributed by atoms with Crippen molar-refractivity contribution in [2.75, 3.05) is 6.61 Å². The topological polar surface area (TPSA) is 72.8 Å². The van der Waals surface area contributed by atoms with Crippen molar-refractivity contribution in [1.82, 2.24) is 0 Å². The Labute approximate surface area is 102 Å².